The molecular formula is C13H24N2O4. The van der Waals surface area contributed by atoms with E-state index in [1.165, 1.54) is 0 Å². The quantitative estimate of drug-likeness (QED) is 0.755. The van der Waals surface area contributed by atoms with Gasteiger partial charge in [-0.25, -0.2) is 4.79 Å². The number of hydrogen-bond donors (Lipinski definition) is 2. The number of carbonyl (C=O) groups is 2. The van der Waals surface area contributed by atoms with Gasteiger partial charge in [-0.1, -0.05) is 0 Å². The van der Waals surface area contributed by atoms with Crippen molar-refractivity contribution in [1.82, 2.24) is 9.80 Å². The van der Waals surface area contributed by atoms with Gasteiger partial charge in [-0.15, -0.1) is 0 Å². The van der Waals surface area contributed by atoms with E-state index in [2.05, 4.69) is 0 Å². The minimum atomic E-state index is -0.751. The van der Waals surface area contributed by atoms with Crippen molar-refractivity contribution in [2.75, 3.05) is 32.8 Å². The zero-order valence-corrected chi connectivity index (χ0v) is 11.5. The number of rotatable bonds is 6. The van der Waals surface area contributed by atoms with Crippen LogP contribution in [0, 0.1) is 5.92 Å². The summed E-state index contributed by atoms with van der Waals surface area (Å²) in [6.45, 7) is 4.21. The Morgan fingerprint density at radius 2 is 1.95 bits per heavy atom. The van der Waals surface area contributed by atoms with E-state index in [-0.39, 0.29) is 19.1 Å². The molecule has 0 aromatic carbocycles. The van der Waals surface area contributed by atoms with E-state index in [9.17, 15) is 9.59 Å². The van der Waals surface area contributed by atoms with E-state index >= 15 is 0 Å². The van der Waals surface area contributed by atoms with Gasteiger partial charge in [-0.3, -0.25) is 4.79 Å². The molecule has 1 saturated heterocycles. The lowest BCUT2D eigenvalue weighted by atomic mass is 9.92. The molecule has 1 fully saturated rings. The van der Waals surface area contributed by atoms with Crippen molar-refractivity contribution in [2.45, 2.75) is 32.6 Å². The number of likely N-dealkylation sites (tertiary alicyclic amines) is 1. The number of carbonyl (C=O) groups excluding carboxylic acids is 1. The van der Waals surface area contributed by atoms with Crippen molar-refractivity contribution >= 4 is 12.0 Å². The molecule has 19 heavy (non-hydrogen) atoms. The zero-order valence-electron chi connectivity index (χ0n) is 11.5. The second-order valence-electron chi connectivity index (χ2n) is 4.95. The normalized spacial score (nSPS) is 16.4. The average molecular weight is 272 g/mol. The van der Waals surface area contributed by atoms with Gasteiger partial charge in [0.2, 0.25) is 0 Å². The summed E-state index contributed by atoms with van der Waals surface area (Å²) in [6, 6.07) is -0.0202. The molecule has 0 aliphatic carbocycles. The third-order valence-corrected chi connectivity index (χ3v) is 3.67. The van der Waals surface area contributed by atoms with Crippen molar-refractivity contribution in [1.29, 1.82) is 0 Å². The van der Waals surface area contributed by atoms with Crippen LogP contribution in [0.4, 0.5) is 4.79 Å². The Kier molecular flexibility index (Phi) is 6.62. The molecule has 6 heteroatoms. The molecule has 0 aromatic rings. The third-order valence-electron chi connectivity index (χ3n) is 3.67. The van der Waals surface area contributed by atoms with Crippen LogP contribution in [-0.2, 0) is 4.79 Å². The number of aliphatic carboxylic acids is 1. The highest BCUT2D eigenvalue weighted by molar-refractivity contribution is 5.74. The topological polar surface area (TPSA) is 81.1 Å². The van der Waals surface area contributed by atoms with E-state index in [0.29, 0.717) is 38.5 Å². The van der Waals surface area contributed by atoms with E-state index in [0.717, 1.165) is 12.8 Å². The minimum Gasteiger partial charge on any atom is -0.481 e. The van der Waals surface area contributed by atoms with Gasteiger partial charge in [0.15, 0.2) is 0 Å². The summed E-state index contributed by atoms with van der Waals surface area (Å²) in [5.74, 6) is -0.341. The molecule has 0 atom stereocenters. The van der Waals surface area contributed by atoms with Crippen LogP contribution in [0.5, 0.6) is 0 Å². The molecule has 0 radical (unpaired) electrons. The summed E-state index contributed by atoms with van der Waals surface area (Å²) >= 11 is 0. The van der Waals surface area contributed by atoms with Crippen LogP contribution in [0.15, 0.2) is 0 Å². The van der Waals surface area contributed by atoms with E-state index in [1.807, 2.05) is 6.92 Å². The molecule has 110 valence electrons. The predicted octanol–water partition coefficient (Wildman–Crippen LogP) is 0.997. The Morgan fingerprint density at radius 1 is 1.32 bits per heavy atom. The first-order chi connectivity index (χ1) is 9.08. The molecule has 1 heterocycles. The summed E-state index contributed by atoms with van der Waals surface area (Å²) in [4.78, 5) is 26.1. The Balaban J connectivity index is 2.36. The number of urea groups is 1. The van der Waals surface area contributed by atoms with Crippen LogP contribution >= 0.6 is 0 Å². The predicted molar refractivity (Wildman–Crippen MR) is 70.9 cm³/mol. The molecule has 0 saturated carbocycles. The van der Waals surface area contributed by atoms with Gasteiger partial charge >= 0.3 is 12.0 Å². The number of aliphatic hydroxyl groups is 1. The first-order valence-corrected chi connectivity index (χ1v) is 6.95. The Hall–Kier alpha value is -1.30. The van der Waals surface area contributed by atoms with E-state index in [1.54, 1.807) is 9.80 Å². The first kappa shape index (κ1) is 15.8. The van der Waals surface area contributed by atoms with Crippen molar-refractivity contribution in [3.63, 3.8) is 0 Å². The standard InChI is InChI=1S/C13H24N2O4/c1-2-14(9-10-16)13(19)15-7-5-11(6-8-15)3-4-12(17)18/h11,16H,2-10H2,1H3,(H,17,18). The molecule has 1 rings (SSSR count). The number of carboxylic acids is 1. The Labute approximate surface area is 114 Å². The number of likely N-dealkylation sites (N-methyl/N-ethyl adjacent to an activating group) is 1. The second kappa shape index (κ2) is 7.99. The number of amides is 2. The summed E-state index contributed by atoms with van der Waals surface area (Å²) in [5, 5.41) is 17.6. The largest absolute Gasteiger partial charge is 0.481 e. The number of nitrogens with zero attached hydrogens (tertiary/aromatic N) is 2. The fourth-order valence-corrected chi connectivity index (χ4v) is 2.45. The summed E-state index contributed by atoms with van der Waals surface area (Å²) in [7, 11) is 0. The van der Waals surface area contributed by atoms with Gasteiger partial charge in [0, 0.05) is 32.6 Å². The van der Waals surface area contributed by atoms with Gasteiger partial charge in [0.25, 0.3) is 0 Å². The monoisotopic (exact) mass is 272 g/mol. The van der Waals surface area contributed by atoms with Crippen LogP contribution in [0.2, 0.25) is 0 Å². The maximum atomic E-state index is 12.1. The minimum absolute atomic E-state index is 0.0192. The van der Waals surface area contributed by atoms with Crippen LogP contribution in [0.1, 0.15) is 32.6 Å². The van der Waals surface area contributed by atoms with Gasteiger partial charge < -0.3 is 20.0 Å². The van der Waals surface area contributed by atoms with Crippen LogP contribution in [0.25, 0.3) is 0 Å². The lowest BCUT2D eigenvalue weighted by molar-refractivity contribution is -0.137. The number of piperidine rings is 1. The maximum absolute atomic E-state index is 12.1. The summed E-state index contributed by atoms with van der Waals surface area (Å²) < 4.78 is 0. The van der Waals surface area contributed by atoms with Crippen molar-refractivity contribution in [3.05, 3.63) is 0 Å². The maximum Gasteiger partial charge on any atom is 0.320 e. The van der Waals surface area contributed by atoms with Crippen LogP contribution in [-0.4, -0.2) is 64.8 Å². The average Bonchev–Trinajstić information content (AvgIpc) is 2.42. The molecule has 1 aliphatic rings. The highest BCUT2D eigenvalue weighted by Crippen LogP contribution is 2.22. The fourth-order valence-electron chi connectivity index (χ4n) is 2.45. The molecule has 0 bridgehead atoms. The van der Waals surface area contributed by atoms with Gasteiger partial charge in [0.1, 0.15) is 0 Å². The summed E-state index contributed by atoms with van der Waals surface area (Å²) in [6.07, 6.45) is 2.65. The molecule has 2 N–H and O–H groups in total. The van der Waals surface area contributed by atoms with Crippen molar-refractivity contribution in [3.8, 4) is 0 Å². The van der Waals surface area contributed by atoms with Gasteiger partial charge in [0.05, 0.1) is 6.61 Å². The highest BCUT2D eigenvalue weighted by atomic mass is 16.4. The Bertz CT molecular complexity index is 301. The molecule has 6 nitrogen and oxygen atoms in total. The van der Waals surface area contributed by atoms with Crippen molar-refractivity contribution < 1.29 is 19.8 Å². The van der Waals surface area contributed by atoms with Crippen LogP contribution < -0.4 is 0 Å². The second-order valence-corrected chi connectivity index (χ2v) is 4.95. The highest BCUT2D eigenvalue weighted by Gasteiger charge is 2.25. The molecule has 1 aliphatic heterocycles. The number of hydrogen-bond acceptors (Lipinski definition) is 3. The molecular weight excluding hydrogens is 248 g/mol. The number of carboxylic acid groups (broad SMARTS) is 1. The third kappa shape index (κ3) is 5.06. The van der Waals surface area contributed by atoms with Gasteiger partial charge in [-0.2, -0.15) is 0 Å². The van der Waals surface area contributed by atoms with Crippen molar-refractivity contribution in [2.24, 2.45) is 5.92 Å². The lowest BCUT2D eigenvalue weighted by Gasteiger charge is -2.35. The zero-order chi connectivity index (χ0) is 14.3. The molecule has 0 spiro atoms. The molecule has 2 amide bonds. The fraction of sp³-hybridized carbons (Fsp3) is 0.846. The van der Waals surface area contributed by atoms with E-state index in [4.69, 9.17) is 10.2 Å². The Morgan fingerprint density at radius 3 is 2.42 bits per heavy atom. The SMILES string of the molecule is CCN(CCO)C(=O)N1CCC(CCC(=O)O)CC1. The first-order valence-electron chi connectivity index (χ1n) is 6.95. The van der Waals surface area contributed by atoms with Crippen LogP contribution in [0.3, 0.4) is 0 Å². The summed E-state index contributed by atoms with van der Waals surface area (Å²) in [5.41, 5.74) is 0. The molecule has 0 unspecified atom stereocenters. The van der Waals surface area contributed by atoms with Gasteiger partial charge in [-0.05, 0) is 32.1 Å². The lowest BCUT2D eigenvalue weighted by Crippen LogP contribution is -2.47. The van der Waals surface area contributed by atoms with E-state index < -0.39 is 5.97 Å². The smallest absolute Gasteiger partial charge is 0.320 e. The molecule has 0 aromatic heterocycles. The number of aliphatic hydroxyl groups excluding tert-OH is 1.